The third kappa shape index (κ3) is 2.43. The van der Waals surface area contributed by atoms with E-state index < -0.39 is 29.4 Å². The zero-order valence-electron chi connectivity index (χ0n) is 8.97. The van der Waals surface area contributed by atoms with Crippen LogP contribution in [0.15, 0.2) is 0 Å². The molecule has 4 nitrogen and oxygen atoms in total. The molecule has 0 bridgehead atoms. The number of ether oxygens (including phenoxy) is 1. The van der Waals surface area contributed by atoms with Gasteiger partial charge in [-0.3, -0.25) is 4.79 Å². The predicted octanol–water partition coefficient (Wildman–Crippen LogP) is 0.349. The van der Waals surface area contributed by atoms with Crippen LogP contribution in [0.3, 0.4) is 0 Å². The van der Waals surface area contributed by atoms with Gasteiger partial charge in [-0.15, -0.1) is 0 Å². The maximum atomic E-state index is 13.3. The maximum Gasteiger partial charge on any atom is 0.325 e. The molecular weight excluding hydrogens is 210 g/mol. The summed E-state index contributed by atoms with van der Waals surface area (Å²) in [6, 6.07) is 0. The van der Waals surface area contributed by atoms with E-state index in [9.17, 15) is 23.5 Å². The number of alkyl halides is 2. The van der Waals surface area contributed by atoms with E-state index in [2.05, 4.69) is 4.74 Å². The topological polar surface area (TPSA) is 66.4 Å². The van der Waals surface area contributed by atoms with Crippen molar-refractivity contribution < 1.29 is 28.2 Å². The van der Waals surface area contributed by atoms with Gasteiger partial charge >= 0.3 is 11.9 Å². The molecule has 0 aromatic heterocycles. The zero-order chi connectivity index (χ0) is 12.4. The molecular formula is C9H13F2O4-. The van der Waals surface area contributed by atoms with E-state index in [1.165, 1.54) is 13.8 Å². The van der Waals surface area contributed by atoms with Crippen LogP contribution in [0.2, 0.25) is 0 Å². The van der Waals surface area contributed by atoms with E-state index in [0.717, 1.165) is 13.8 Å². The highest BCUT2D eigenvalue weighted by atomic mass is 19.3. The van der Waals surface area contributed by atoms with Crippen LogP contribution in [-0.4, -0.2) is 23.5 Å². The first kappa shape index (κ1) is 13.8. The molecule has 0 fully saturated rings. The van der Waals surface area contributed by atoms with Crippen molar-refractivity contribution in [1.82, 2.24) is 0 Å². The van der Waals surface area contributed by atoms with Crippen molar-refractivity contribution in [3.05, 3.63) is 0 Å². The predicted molar refractivity (Wildman–Crippen MR) is 45.0 cm³/mol. The minimum absolute atomic E-state index is 0.866. The summed E-state index contributed by atoms with van der Waals surface area (Å²) in [5.74, 6) is -8.62. The van der Waals surface area contributed by atoms with Crippen molar-refractivity contribution in [2.24, 2.45) is 5.92 Å². The van der Waals surface area contributed by atoms with E-state index in [0.29, 0.717) is 0 Å². The second-order valence-electron chi connectivity index (χ2n) is 3.72. The molecule has 0 aliphatic rings. The number of carboxylic acids is 1. The number of halogens is 2. The van der Waals surface area contributed by atoms with E-state index in [-0.39, 0.29) is 0 Å². The van der Waals surface area contributed by atoms with Gasteiger partial charge in [0.2, 0.25) is 0 Å². The fraction of sp³-hybridized carbons (Fsp3) is 0.778. The SMILES string of the molecule is CC(=O)OC(C)(C(C)C)C(F)(F)C(=O)[O-]. The summed E-state index contributed by atoms with van der Waals surface area (Å²) in [7, 11) is 0. The summed E-state index contributed by atoms with van der Waals surface area (Å²) in [6.07, 6.45) is 0. The van der Waals surface area contributed by atoms with Gasteiger partial charge in [0.15, 0.2) is 5.60 Å². The van der Waals surface area contributed by atoms with Crippen LogP contribution in [0.4, 0.5) is 8.78 Å². The molecule has 0 aliphatic carbocycles. The normalized spacial score (nSPS) is 15.9. The standard InChI is InChI=1S/C9H14F2O4/c1-5(2)8(4,15-6(3)12)9(10,11)7(13)14/h5H,1-4H3,(H,13,14)/p-1. The van der Waals surface area contributed by atoms with Crippen LogP contribution in [-0.2, 0) is 14.3 Å². The van der Waals surface area contributed by atoms with Crippen LogP contribution in [0, 0.1) is 5.92 Å². The first-order valence-corrected chi connectivity index (χ1v) is 4.34. The molecule has 1 atom stereocenters. The van der Waals surface area contributed by atoms with Gasteiger partial charge in [0.05, 0.1) is 0 Å². The first-order valence-electron chi connectivity index (χ1n) is 4.34. The summed E-state index contributed by atoms with van der Waals surface area (Å²) in [4.78, 5) is 21.0. The Kier molecular flexibility index (Phi) is 3.79. The van der Waals surface area contributed by atoms with Crippen LogP contribution in [0.1, 0.15) is 27.7 Å². The van der Waals surface area contributed by atoms with E-state index in [1.807, 2.05) is 0 Å². The lowest BCUT2D eigenvalue weighted by Gasteiger charge is -2.39. The van der Waals surface area contributed by atoms with Gasteiger partial charge in [-0.2, -0.15) is 8.78 Å². The summed E-state index contributed by atoms with van der Waals surface area (Å²) in [6.45, 7) is 4.47. The molecule has 1 unspecified atom stereocenters. The van der Waals surface area contributed by atoms with Crippen molar-refractivity contribution in [2.75, 3.05) is 0 Å². The average Bonchev–Trinajstić information content (AvgIpc) is 2.01. The third-order valence-electron chi connectivity index (χ3n) is 2.34. The van der Waals surface area contributed by atoms with Gasteiger partial charge in [-0.25, -0.2) is 0 Å². The van der Waals surface area contributed by atoms with Crippen LogP contribution in [0.25, 0.3) is 0 Å². The number of hydrogen-bond donors (Lipinski definition) is 0. The minimum Gasteiger partial charge on any atom is -0.544 e. The van der Waals surface area contributed by atoms with Gasteiger partial charge < -0.3 is 14.6 Å². The number of esters is 1. The summed E-state index contributed by atoms with van der Waals surface area (Å²) in [5, 5.41) is 10.3. The highest BCUT2D eigenvalue weighted by molar-refractivity contribution is 5.76. The third-order valence-corrected chi connectivity index (χ3v) is 2.34. The molecule has 6 heteroatoms. The second-order valence-corrected chi connectivity index (χ2v) is 3.72. The van der Waals surface area contributed by atoms with Crippen molar-refractivity contribution >= 4 is 11.9 Å². The number of aliphatic carboxylic acids is 1. The maximum absolute atomic E-state index is 13.3. The van der Waals surface area contributed by atoms with E-state index >= 15 is 0 Å². The number of carbonyl (C=O) groups is 2. The summed E-state index contributed by atoms with van der Waals surface area (Å²) >= 11 is 0. The molecule has 0 rings (SSSR count). The summed E-state index contributed by atoms with van der Waals surface area (Å²) < 4.78 is 30.9. The number of hydrogen-bond acceptors (Lipinski definition) is 4. The lowest BCUT2D eigenvalue weighted by atomic mass is 9.85. The smallest absolute Gasteiger partial charge is 0.325 e. The minimum atomic E-state index is -4.23. The average molecular weight is 223 g/mol. The molecule has 0 aromatic carbocycles. The molecule has 88 valence electrons. The van der Waals surface area contributed by atoms with Crippen molar-refractivity contribution in [3.63, 3.8) is 0 Å². The highest BCUT2D eigenvalue weighted by Crippen LogP contribution is 2.37. The van der Waals surface area contributed by atoms with Gasteiger partial charge in [0, 0.05) is 6.92 Å². The Morgan fingerprint density at radius 1 is 1.33 bits per heavy atom. The van der Waals surface area contributed by atoms with Gasteiger partial charge in [-0.05, 0) is 12.8 Å². The van der Waals surface area contributed by atoms with Crippen molar-refractivity contribution in [2.45, 2.75) is 39.2 Å². The van der Waals surface area contributed by atoms with Gasteiger partial charge in [0.1, 0.15) is 5.97 Å². The Morgan fingerprint density at radius 3 is 1.93 bits per heavy atom. The number of rotatable bonds is 4. The molecule has 15 heavy (non-hydrogen) atoms. The molecule has 0 heterocycles. The fourth-order valence-corrected chi connectivity index (χ4v) is 1.05. The Balaban J connectivity index is 5.28. The number of carboxylic acid groups (broad SMARTS) is 1. The van der Waals surface area contributed by atoms with Crippen LogP contribution < -0.4 is 5.11 Å². The molecule has 0 N–H and O–H groups in total. The number of carbonyl (C=O) groups excluding carboxylic acids is 2. The lowest BCUT2D eigenvalue weighted by Crippen LogP contribution is -2.61. The molecule has 0 aliphatic heterocycles. The Bertz CT molecular complexity index is 275. The van der Waals surface area contributed by atoms with Crippen molar-refractivity contribution in [3.8, 4) is 0 Å². The second kappa shape index (κ2) is 4.12. The molecule has 0 amide bonds. The largest absolute Gasteiger partial charge is 0.544 e. The van der Waals surface area contributed by atoms with E-state index in [1.54, 1.807) is 0 Å². The molecule has 0 saturated carbocycles. The Labute approximate surface area is 86.2 Å². The molecule has 0 aromatic rings. The monoisotopic (exact) mass is 223 g/mol. The van der Waals surface area contributed by atoms with Crippen LogP contribution in [0.5, 0.6) is 0 Å². The zero-order valence-corrected chi connectivity index (χ0v) is 8.97. The van der Waals surface area contributed by atoms with Crippen LogP contribution >= 0.6 is 0 Å². The Morgan fingerprint density at radius 2 is 1.73 bits per heavy atom. The quantitative estimate of drug-likeness (QED) is 0.645. The fourth-order valence-electron chi connectivity index (χ4n) is 1.05. The molecule has 0 spiro atoms. The Hall–Kier alpha value is -1.20. The van der Waals surface area contributed by atoms with E-state index in [4.69, 9.17) is 0 Å². The highest BCUT2D eigenvalue weighted by Gasteiger charge is 2.56. The van der Waals surface area contributed by atoms with Gasteiger partial charge in [-0.1, -0.05) is 13.8 Å². The molecule has 0 saturated heterocycles. The molecule has 0 radical (unpaired) electrons. The van der Waals surface area contributed by atoms with Gasteiger partial charge in [0.25, 0.3) is 0 Å². The summed E-state index contributed by atoms with van der Waals surface area (Å²) in [5.41, 5.74) is -2.41. The lowest BCUT2D eigenvalue weighted by molar-refractivity contribution is -0.345. The first-order chi connectivity index (χ1) is 6.55. The van der Waals surface area contributed by atoms with Crippen molar-refractivity contribution in [1.29, 1.82) is 0 Å².